The molecular formula is C31H21N. The lowest BCUT2D eigenvalue weighted by Crippen LogP contribution is -1.99. The molecule has 0 fully saturated rings. The first-order valence-electron chi connectivity index (χ1n) is 11.2. The van der Waals surface area contributed by atoms with E-state index in [-0.39, 0.29) is 5.92 Å². The van der Waals surface area contributed by atoms with Crippen molar-refractivity contribution in [1.82, 2.24) is 4.57 Å². The van der Waals surface area contributed by atoms with Gasteiger partial charge in [0.1, 0.15) is 0 Å². The number of hydrogen-bond acceptors (Lipinski definition) is 0. The van der Waals surface area contributed by atoms with E-state index >= 15 is 0 Å². The molecule has 0 radical (unpaired) electrons. The van der Waals surface area contributed by atoms with Crippen molar-refractivity contribution in [2.75, 3.05) is 0 Å². The fraction of sp³-hybridized carbons (Fsp3) is 0.0323. The molecule has 0 N–H and O–H groups in total. The van der Waals surface area contributed by atoms with Gasteiger partial charge in [0, 0.05) is 27.9 Å². The Morgan fingerprint density at radius 3 is 2.03 bits per heavy atom. The summed E-state index contributed by atoms with van der Waals surface area (Å²) in [5.74, 6) is 0.258. The Morgan fingerprint density at radius 1 is 0.500 bits per heavy atom. The maximum absolute atomic E-state index is 2.45. The highest BCUT2D eigenvalue weighted by Crippen LogP contribution is 2.52. The number of aromatic nitrogens is 1. The van der Waals surface area contributed by atoms with Crippen LogP contribution in [0.3, 0.4) is 0 Å². The van der Waals surface area contributed by atoms with Gasteiger partial charge >= 0.3 is 0 Å². The first-order chi connectivity index (χ1) is 15.9. The van der Waals surface area contributed by atoms with E-state index < -0.39 is 0 Å². The van der Waals surface area contributed by atoms with Gasteiger partial charge in [-0.3, -0.25) is 0 Å². The quantitative estimate of drug-likeness (QED) is 0.274. The van der Waals surface area contributed by atoms with Crippen LogP contribution in [0.15, 0.2) is 121 Å². The van der Waals surface area contributed by atoms with Crippen LogP contribution in [0, 0.1) is 0 Å². The molecule has 0 amide bonds. The summed E-state index contributed by atoms with van der Waals surface area (Å²) in [6.07, 6.45) is 0. The van der Waals surface area contributed by atoms with E-state index in [0.717, 1.165) is 0 Å². The van der Waals surface area contributed by atoms with Crippen LogP contribution >= 0.6 is 0 Å². The smallest absolute Gasteiger partial charge is 0.0622 e. The second-order valence-corrected chi connectivity index (χ2v) is 8.55. The lowest BCUT2D eigenvalue weighted by atomic mass is 9.89. The normalized spacial score (nSPS) is 14.6. The van der Waals surface area contributed by atoms with E-state index in [1.54, 1.807) is 0 Å². The van der Waals surface area contributed by atoms with Crippen LogP contribution in [0.25, 0.3) is 38.6 Å². The predicted molar refractivity (Wildman–Crippen MR) is 134 cm³/mol. The number of para-hydroxylation sites is 2. The Labute approximate surface area is 187 Å². The third kappa shape index (κ3) is 2.34. The molecule has 1 aliphatic rings. The van der Waals surface area contributed by atoms with Gasteiger partial charge in [-0.25, -0.2) is 0 Å². The molecule has 1 heterocycles. The maximum Gasteiger partial charge on any atom is 0.0622 e. The van der Waals surface area contributed by atoms with Crippen LogP contribution < -0.4 is 0 Å². The van der Waals surface area contributed by atoms with Crippen molar-refractivity contribution in [3.63, 3.8) is 0 Å². The van der Waals surface area contributed by atoms with Crippen LogP contribution in [0.2, 0.25) is 0 Å². The highest BCUT2D eigenvalue weighted by atomic mass is 15.0. The van der Waals surface area contributed by atoms with Crippen molar-refractivity contribution >= 4 is 21.8 Å². The Hall–Kier alpha value is -4.10. The van der Waals surface area contributed by atoms with Gasteiger partial charge in [0.2, 0.25) is 0 Å². The van der Waals surface area contributed by atoms with Crippen LogP contribution in [-0.4, -0.2) is 4.57 Å². The molecule has 6 aromatic rings. The second-order valence-electron chi connectivity index (χ2n) is 8.55. The monoisotopic (exact) mass is 407 g/mol. The van der Waals surface area contributed by atoms with Crippen LogP contribution in [0.5, 0.6) is 0 Å². The molecule has 1 unspecified atom stereocenters. The maximum atomic E-state index is 2.45. The zero-order valence-corrected chi connectivity index (χ0v) is 17.6. The van der Waals surface area contributed by atoms with Crippen molar-refractivity contribution in [3.05, 3.63) is 138 Å². The Bertz CT molecular complexity index is 1610. The average Bonchev–Trinajstić information content (AvgIpc) is 3.38. The number of fused-ring (bicyclic) bond motifs is 7. The zero-order valence-electron chi connectivity index (χ0n) is 17.6. The Kier molecular flexibility index (Phi) is 3.68. The molecule has 0 spiro atoms. The first-order valence-corrected chi connectivity index (χ1v) is 11.2. The van der Waals surface area contributed by atoms with Gasteiger partial charge < -0.3 is 4.57 Å². The molecule has 7 rings (SSSR count). The van der Waals surface area contributed by atoms with Gasteiger partial charge in [0.15, 0.2) is 0 Å². The summed E-state index contributed by atoms with van der Waals surface area (Å²) in [5.41, 5.74) is 10.6. The molecule has 1 nitrogen and oxygen atoms in total. The zero-order chi connectivity index (χ0) is 21.1. The Balaban J connectivity index is 1.67. The summed E-state index contributed by atoms with van der Waals surface area (Å²) in [5, 5.41) is 2.61. The van der Waals surface area contributed by atoms with Gasteiger partial charge in [-0.1, -0.05) is 103 Å². The van der Waals surface area contributed by atoms with Gasteiger partial charge in [0.05, 0.1) is 11.0 Å². The minimum atomic E-state index is 0.258. The molecule has 1 atom stereocenters. The minimum absolute atomic E-state index is 0.258. The molecule has 1 aromatic heterocycles. The van der Waals surface area contributed by atoms with E-state index in [1.807, 2.05) is 0 Å². The minimum Gasteiger partial charge on any atom is -0.309 e. The van der Waals surface area contributed by atoms with Crippen molar-refractivity contribution in [1.29, 1.82) is 0 Å². The lowest BCUT2D eigenvalue weighted by molar-refractivity contribution is 1.02. The van der Waals surface area contributed by atoms with Gasteiger partial charge in [0.25, 0.3) is 0 Å². The number of benzene rings is 5. The van der Waals surface area contributed by atoms with Crippen LogP contribution in [0.4, 0.5) is 0 Å². The molecular weight excluding hydrogens is 386 g/mol. The highest BCUT2D eigenvalue weighted by Gasteiger charge is 2.32. The molecule has 32 heavy (non-hydrogen) atoms. The average molecular weight is 408 g/mol. The van der Waals surface area contributed by atoms with Crippen LogP contribution in [0.1, 0.15) is 22.6 Å². The van der Waals surface area contributed by atoms with Gasteiger partial charge in [-0.2, -0.15) is 0 Å². The van der Waals surface area contributed by atoms with Crippen molar-refractivity contribution in [3.8, 4) is 16.8 Å². The number of nitrogens with zero attached hydrogens (tertiary/aromatic N) is 1. The number of hydrogen-bond donors (Lipinski definition) is 0. The fourth-order valence-electron chi connectivity index (χ4n) is 5.59. The molecule has 1 heteroatoms. The highest BCUT2D eigenvalue weighted by molar-refractivity contribution is 6.15. The summed E-state index contributed by atoms with van der Waals surface area (Å²) in [6, 6.07) is 44.1. The predicted octanol–water partition coefficient (Wildman–Crippen LogP) is 7.94. The van der Waals surface area contributed by atoms with E-state index in [9.17, 15) is 0 Å². The van der Waals surface area contributed by atoms with Gasteiger partial charge in [-0.15, -0.1) is 0 Å². The largest absolute Gasteiger partial charge is 0.309 e. The number of rotatable bonds is 2. The van der Waals surface area contributed by atoms with Gasteiger partial charge in [-0.05, 0) is 40.5 Å². The third-order valence-corrected chi connectivity index (χ3v) is 6.87. The third-order valence-electron chi connectivity index (χ3n) is 6.87. The van der Waals surface area contributed by atoms with E-state index in [2.05, 4.69) is 126 Å². The molecule has 150 valence electrons. The fourth-order valence-corrected chi connectivity index (χ4v) is 5.59. The molecule has 0 saturated heterocycles. The topological polar surface area (TPSA) is 4.93 Å². The summed E-state index contributed by atoms with van der Waals surface area (Å²) in [7, 11) is 0. The van der Waals surface area contributed by atoms with E-state index in [1.165, 1.54) is 55.3 Å². The second kappa shape index (κ2) is 6.70. The van der Waals surface area contributed by atoms with Crippen LogP contribution in [-0.2, 0) is 0 Å². The SMILES string of the molecule is c1ccc(C2c3ccccc3-c3c2ccc2c4ccccc4n(-c4ccccc4)c32)cc1. The van der Waals surface area contributed by atoms with Crippen molar-refractivity contribution in [2.45, 2.75) is 5.92 Å². The summed E-state index contributed by atoms with van der Waals surface area (Å²) >= 11 is 0. The summed E-state index contributed by atoms with van der Waals surface area (Å²) < 4.78 is 2.45. The molecule has 5 aromatic carbocycles. The molecule has 1 aliphatic carbocycles. The van der Waals surface area contributed by atoms with Crippen molar-refractivity contribution in [2.24, 2.45) is 0 Å². The first kappa shape index (κ1) is 17.6. The standard InChI is InChI=1S/C31H21N/c1-3-11-21(12-4-1)29-24-16-7-8-17-25(24)30-27(29)20-19-26-23-15-9-10-18-28(23)32(31(26)30)22-13-5-2-6-14-22/h1-20,29H. The Morgan fingerprint density at radius 2 is 1.19 bits per heavy atom. The summed E-state index contributed by atoms with van der Waals surface area (Å²) in [4.78, 5) is 0. The van der Waals surface area contributed by atoms with E-state index in [0.29, 0.717) is 0 Å². The van der Waals surface area contributed by atoms with E-state index in [4.69, 9.17) is 0 Å². The molecule has 0 aliphatic heterocycles. The van der Waals surface area contributed by atoms with Crippen molar-refractivity contribution < 1.29 is 0 Å². The molecule has 0 saturated carbocycles. The lowest BCUT2D eigenvalue weighted by Gasteiger charge is -2.15. The summed E-state index contributed by atoms with van der Waals surface area (Å²) in [6.45, 7) is 0. The molecule has 0 bridgehead atoms.